The first-order valence-corrected chi connectivity index (χ1v) is 9.00. The van der Waals surface area contributed by atoms with Gasteiger partial charge < -0.3 is 15.0 Å². The monoisotopic (exact) mass is 298 g/mol. The Hall–Kier alpha value is -0.120. The van der Waals surface area contributed by atoms with Crippen molar-refractivity contribution < 1.29 is 4.74 Å². The maximum Gasteiger partial charge on any atom is 0.0707 e. The standard InChI is InChI=1S/C18H38N2O/c1-7-15(8-2)13-20(9-3)14-17-11-10-16(21-17)12-19-18(4,5)6/h15-17,19H,7-14H2,1-6H3. The molecule has 1 saturated heterocycles. The van der Waals surface area contributed by atoms with Crippen molar-refractivity contribution in [3.05, 3.63) is 0 Å². The fourth-order valence-corrected chi connectivity index (χ4v) is 3.02. The third-order valence-corrected chi connectivity index (χ3v) is 4.64. The average molecular weight is 299 g/mol. The molecule has 0 aliphatic carbocycles. The topological polar surface area (TPSA) is 24.5 Å². The molecule has 126 valence electrons. The quantitative estimate of drug-likeness (QED) is 0.703. The minimum atomic E-state index is 0.187. The van der Waals surface area contributed by atoms with E-state index < -0.39 is 0 Å². The lowest BCUT2D eigenvalue weighted by atomic mass is 10.0. The van der Waals surface area contributed by atoms with Crippen molar-refractivity contribution in [1.82, 2.24) is 10.2 Å². The van der Waals surface area contributed by atoms with E-state index in [4.69, 9.17) is 4.74 Å². The lowest BCUT2D eigenvalue weighted by Gasteiger charge is -2.28. The van der Waals surface area contributed by atoms with Crippen LogP contribution in [-0.2, 0) is 4.74 Å². The zero-order valence-electron chi connectivity index (χ0n) is 15.2. The first kappa shape index (κ1) is 18.9. The Morgan fingerprint density at radius 3 is 2.24 bits per heavy atom. The average Bonchev–Trinajstić information content (AvgIpc) is 2.88. The van der Waals surface area contributed by atoms with E-state index in [1.807, 2.05) is 0 Å². The Balaban J connectivity index is 2.31. The molecular weight excluding hydrogens is 260 g/mol. The molecule has 0 radical (unpaired) electrons. The van der Waals surface area contributed by atoms with E-state index in [1.54, 1.807) is 0 Å². The summed E-state index contributed by atoms with van der Waals surface area (Å²) in [6, 6.07) is 0. The molecule has 0 aromatic heterocycles. The second-order valence-corrected chi connectivity index (χ2v) is 7.62. The maximum atomic E-state index is 6.23. The molecule has 3 nitrogen and oxygen atoms in total. The largest absolute Gasteiger partial charge is 0.372 e. The molecule has 3 heteroatoms. The van der Waals surface area contributed by atoms with Gasteiger partial charge in [-0.05, 0) is 46.1 Å². The lowest BCUT2D eigenvalue weighted by molar-refractivity contribution is 0.0189. The molecule has 2 unspecified atom stereocenters. The maximum absolute atomic E-state index is 6.23. The van der Waals surface area contributed by atoms with Crippen molar-refractivity contribution in [3.8, 4) is 0 Å². The second kappa shape index (κ2) is 9.12. The van der Waals surface area contributed by atoms with Gasteiger partial charge in [-0.15, -0.1) is 0 Å². The number of ether oxygens (including phenoxy) is 1. The third kappa shape index (κ3) is 7.62. The minimum absolute atomic E-state index is 0.187. The molecule has 1 rings (SSSR count). The molecule has 1 N–H and O–H groups in total. The van der Waals surface area contributed by atoms with Crippen molar-refractivity contribution in [2.24, 2.45) is 5.92 Å². The minimum Gasteiger partial charge on any atom is -0.372 e. The van der Waals surface area contributed by atoms with Gasteiger partial charge in [0.2, 0.25) is 0 Å². The molecule has 21 heavy (non-hydrogen) atoms. The summed E-state index contributed by atoms with van der Waals surface area (Å²) in [6.45, 7) is 18.0. The van der Waals surface area contributed by atoms with Crippen LogP contribution in [0, 0.1) is 5.92 Å². The molecule has 0 spiro atoms. The molecule has 0 aromatic rings. The van der Waals surface area contributed by atoms with Crippen molar-refractivity contribution in [3.63, 3.8) is 0 Å². The van der Waals surface area contributed by atoms with Gasteiger partial charge in [0.25, 0.3) is 0 Å². The van der Waals surface area contributed by atoms with Gasteiger partial charge in [-0.2, -0.15) is 0 Å². The number of likely N-dealkylation sites (N-methyl/N-ethyl adjacent to an activating group) is 1. The smallest absolute Gasteiger partial charge is 0.0707 e. The van der Waals surface area contributed by atoms with E-state index >= 15 is 0 Å². The predicted molar refractivity (Wildman–Crippen MR) is 91.8 cm³/mol. The van der Waals surface area contributed by atoms with Crippen LogP contribution in [0.1, 0.15) is 67.2 Å². The highest BCUT2D eigenvalue weighted by Gasteiger charge is 2.27. The Morgan fingerprint density at radius 2 is 1.71 bits per heavy atom. The van der Waals surface area contributed by atoms with Gasteiger partial charge in [0.1, 0.15) is 0 Å². The summed E-state index contributed by atoms with van der Waals surface area (Å²) in [6.07, 6.45) is 5.84. The van der Waals surface area contributed by atoms with Crippen LogP contribution in [0.4, 0.5) is 0 Å². The normalized spacial score (nSPS) is 23.4. The predicted octanol–water partition coefficient (Wildman–Crippen LogP) is 3.68. The molecule has 1 aliphatic heterocycles. The second-order valence-electron chi connectivity index (χ2n) is 7.62. The van der Waals surface area contributed by atoms with E-state index in [-0.39, 0.29) is 5.54 Å². The molecule has 0 bridgehead atoms. The SMILES string of the molecule is CCC(CC)CN(CC)CC1CCC(CNC(C)(C)C)O1. The van der Waals surface area contributed by atoms with Crippen LogP contribution in [0.2, 0.25) is 0 Å². The van der Waals surface area contributed by atoms with Crippen LogP contribution >= 0.6 is 0 Å². The van der Waals surface area contributed by atoms with Crippen LogP contribution in [0.5, 0.6) is 0 Å². The van der Waals surface area contributed by atoms with E-state index in [2.05, 4.69) is 51.8 Å². The van der Waals surface area contributed by atoms with E-state index in [0.29, 0.717) is 12.2 Å². The summed E-state index contributed by atoms with van der Waals surface area (Å²) < 4.78 is 6.23. The van der Waals surface area contributed by atoms with Crippen LogP contribution in [-0.4, -0.2) is 48.8 Å². The number of hydrogen-bond donors (Lipinski definition) is 1. The molecule has 0 saturated carbocycles. The van der Waals surface area contributed by atoms with Crippen LogP contribution in [0.25, 0.3) is 0 Å². The highest BCUT2D eigenvalue weighted by Crippen LogP contribution is 2.21. The summed E-state index contributed by atoms with van der Waals surface area (Å²) in [5, 5.41) is 3.56. The Bertz CT molecular complexity index is 271. The van der Waals surface area contributed by atoms with Gasteiger partial charge in [0.05, 0.1) is 12.2 Å². The molecule has 1 aliphatic rings. The summed E-state index contributed by atoms with van der Waals surface area (Å²) in [5.41, 5.74) is 0.187. The highest BCUT2D eigenvalue weighted by atomic mass is 16.5. The van der Waals surface area contributed by atoms with Crippen molar-refractivity contribution >= 4 is 0 Å². The molecule has 1 heterocycles. The van der Waals surface area contributed by atoms with Crippen molar-refractivity contribution in [2.75, 3.05) is 26.2 Å². The summed E-state index contributed by atoms with van der Waals surface area (Å²) in [4.78, 5) is 2.59. The summed E-state index contributed by atoms with van der Waals surface area (Å²) >= 11 is 0. The van der Waals surface area contributed by atoms with Gasteiger partial charge in [0, 0.05) is 25.2 Å². The molecular formula is C18H38N2O. The number of rotatable bonds is 9. The molecule has 0 amide bonds. The van der Waals surface area contributed by atoms with E-state index in [1.165, 1.54) is 32.2 Å². The third-order valence-electron chi connectivity index (χ3n) is 4.64. The van der Waals surface area contributed by atoms with E-state index in [9.17, 15) is 0 Å². The van der Waals surface area contributed by atoms with Gasteiger partial charge in [-0.25, -0.2) is 0 Å². The molecule has 0 aromatic carbocycles. The number of nitrogens with zero attached hydrogens (tertiary/aromatic N) is 1. The first-order valence-electron chi connectivity index (χ1n) is 9.00. The summed E-state index contributed by atoms with van der Waals surface area (Å²) in [5.74, 6) is 0.838. The fourth-order valence-electron chi connectivity index (χ4n) is 3.02. The Kier molecular flexibility index (Phi) is 8.22. The number of hydrogen-bond acceptors (Lipinski definition) is 3. The zero-order valence-corrected chi connectivity index (χ0v) is 15.2. The van der Waals surface area contributed by atoms with E-state index in [0.717, 1.165) is 25.6 Å². The van der Waals surface area contributed by atoms with Gasteiger partial charge in [-0.3, -0.25) is 0 Å². The highest BCUT2D eigenvalue weighted by molar-refractivity contribution is 4.81. The Morgan fingerprint density at radius 1 is 1.10 bits per heavy atom. The fraction of sp³-hybridized carbons (Fsp3) is 1.00. The first-order chi connectivity index (χ1) is 9.87. The number of nitrogens with one attached hydrogen (secondary N) is 1. The van der Waals surface area contributed by atoms with Gasteiger partial charge >= 0.3 is 0 Å². The van der Waals surface area contributed by atoms with Gasteiger partial charge in [0.15, 0.2) is 0 Å². The zero-order chi connectivity index (χ0) is 15.9. The van der Waals surface area contributed by atoms with Crippen LogP contribution in [0.3, 0.4) is 0 Å². The Labute approximate surface area is 132 Å². The van der Waals surface area contributed by atoms with Crippen molar-refractivity contribution in [1.29, 1.82) is 0 Å². The molecule has 2 atom stereocenters. The summed E-state index contributed by atoms with van der Waals surface area (Å²) in [7, 11) is 0. The molecule has 1 fully saturated rings. The lowest BCUT2D eigenvalue weighted by Crippen LogP contribution is -2.41. The van der Waals surface area contributed by atoms with Crippen LogP contribution < -0.4 is 5.32 Å². The van der Waals surface area contributed by atoms with Gasteiger partial charge in [-0.1, -0.05) is 33.6 Å². The van der Waals surface area contributed by atoms with Crippen molar-refractivity contribution in [2.45, 2.75) is 85.0 Å². The van der Waals surface area contributed by atoms with Crippen LogP contribution in [0.15, 0.2) is 0 Å².